The number of aromatic nitrogens is 2. The molecule has 0 saturated heterocycles. The Morgan fingerprint density at radius 3 is 1.68 bits per heavy atom. The van der Waals surface area contributed by atoms with Crippen molar-refractivity contribution in [1.29, 1.82) is 10.5 Å². The lowest BCUT2D eigenvalue weighted by Gasteiger charge is -2.19. The largest absolute Gasteiger partial charge is 0.309 e. The highest BCUT2D eigenvalue weighted by molar-refractivity contribution is 6.09. The molecule has 182 valence electrons. The van der Waals surface area contributed by atoms with Gasteiger partial charge in [-0.15, -0.1) is 0 Å². The molecule has 0 N–H and O–H groups in total. The van der Waals surface area contributed by atoms with Gasteiger partial charge in [-0.25, -0.2) is 0 Å². The molecule has 0 spiro atoms. The van der Waals surface area contributed by atoms with E-state index in [4.69, 9.17) is 5.26 Å². The molecule has 0 bridgehead atoms. The summed E-state index contributed by atoms with van der Waals surface area (Å²) in [7, 11) is 0. The van der Waals surface area contributed by atoms with E-state index in [9.17, 15) is 5.26 Å². The smallest absolute Gasteiger partial charge is 0.101 e. The van der Waals surface area contributed by atoms with Crippen LogP contribution in [0.5, 0.6) is 0 Å². The molecule has 4 nitrogen and oxygen atoms in total. The van der Waals surface area contributed by atoms with Crippen LogP contribution in [0.3, 0.4) is 0 Å². The Morgan fingerprint density at radius 1 is 0.676 bits per heavy atom. The number of pyridine rings is 1. The molecule has 0 aliphatic heterocycles. The summed E-state index contributed by atoms with van der Waals surface area (Å²) < 4.78 is 2.31. The molecule has 0 atom stereocenters. The average Bonchev–Trinajstić information content (AvgIpc) is 3.20. The number of hydrogen-bond acceptors (Lipinski definition) is 3. The van der Waals surface area contributed by atoms with Crippen LogP contribution >= 0.6 is 0 Å². The van der Waals surface area contributed by atoms with Crippen molar-refractivity contribution in [2.24, 2.45) is 0 Å². The molecule has 2 heterocycles. The van der Waals surface area contributed by atoms with Gasteiger partial charge in [-0.2, -0.15) is 10.5 Å². The molecule has 5 rings (SSSR count). The second-order valence-electron chi connectivity index (χ2n) is 11.7. The van der Waals surface area contributed by atoms with Crippen molar-refractivity contribution < 1.29 is 0 Å². The predicted octanol–water partition coefficient (Wildman–Crippen LogP) is 8.18. The van der Waals surface area contributed by atoms with E-state index in [0.29, 0.717) is 16.8 Å². The van der Waals surface area contributed by atoms with Crippen LogP contribution < -0.4 is 0 Å². The van der Waals surface area contributed by atoms with E-state index in [0.717, 1.165) is 22.3 Å². The summed E-state index contributed by atoms with van der Waals surface area (Å²) in [5.41, 5.74) is 8.31. The second-order valence-corrected chi connectivity index (χ2v) is 11.7. The lowest BCUT2D eigenvalue weighted by molar-refractivity contribution is 0.590. The molecule has 0 radical (unpaired) electrons. The van der Waals surface area contributed by atoms with Gasteiger partial charge in [-0.05, 0) is 64.4 Å². The minimum Gasteiger partial charge on any atom is -0.309 e. The number of fused-ring (bicyclic) bond motifs is 3. The van der Waals surface area contributed by atoms with Crippen molar-refractivity contribution in [3.63, 3.8) is 0 Å². The van der Waals surface area contributed by atoms with Gasteiger partial charge < -0.3 is 4.57 Å². The summed E-state index contributed by atoms with van der Waals surface area (Å²) in [6.07, 6.45) is 1.51. The van der Waals surface area contributed by atoms with Gasteiger partial charge in [0.15, 0.2) is 0 Å². The van der Waals surface area contributed by atoms with E-state index in [-0.39, 0.29) is 10.8 Å². The zero-order valence-corrected chi connectivity index (χ0v) is 22.2. The maximum Gasteiger partial charge on any atom is 0.101 e. The zero-order valence-electron chi connectivity index (χ0n) is 22.2. The minimum absolute atomic E-state index is 0.0540. The monoisotopic (exact) mass is 482 g/mol. The Balaban J connectivity index is 1.72. The van der Waals surface area contributed by atoms with E-state index in [1.165, 1.54) is 28.1 Å². The van der Waals surface area contributed by atoms with Crippen LogP contribution in [0.15, 0.2) is 72.9 Å². The van der Waals surface area contributed by atoms with Gasteiger partial charge in [-0.1, -0.05) is 65.8 Å². The van der Waals surface area contributed by atoms with Crippen molar-refractivity contribution in [2.45, 2.75) is 52.4 Å². The van der Waals surface area contributed by atoms with E-state index < -0.39 is 0 Å². The topological polar surface area (TPSA) is 65.4 Å². The van der Waals surface area contributed by atoms with Crippen LogP contribution in [0, 0.1) is 22.7 Å². The third-order valence-corrected chi connectivity index (χ3v) is 7.03. The van der Waals surface area contributed by atoms with Gasteiger partial charge in [0.05, 0.1) is 27.9 Å². The van der Waals surface area contributed by atoms with E-state index >= 15 is 0 Å². The zero-order chi connectivity index (χ0) is 26.5. The van der Waals surface area contributed by atoms with Crippen molar-refractivity contribution in [1.82, 2.24) is 9.55 Å². The molecular formula is C33H30N4. The Morgan fingerprint density at radius 2 is 1.22 bits per heavy atom. The Kier molecular flexibility index (Phi) is 5.65. The SMILES string of the molecule is CC(C)(C)c1ccc2c(c1)c1cc(C(C)(C)C)ccc1n2-c1ccc(-c2ncc(C#N)cc2C#N)cc1. The fraction of sp³-hybridized carbons (Fsp3) is 0.242. The van der Waals surface area contributed by atoms with Crippen molar-refractivity contribution in [2.75, 3.05) is 0 Å². The molecule has 4 heteroatoms. The molecule has 37 heavy (non-hydrogen) atoms. The summed E-state index contributed by atoms with van der Waals surface area (Å²) in [6.45, 7) is 13.5. The van der Waals surface area contributed by atoms with E-state index in [1.807, 2.05) is 12.1 Å². The first-order valence-electron chi connectivity index (χ1n) is 12.5. The quantitative estimate of drug-likeness (QED) is 0.255. The van der Waals surface area contributed by atoms with Crippen molar-refractivity contribution >= 4 is 21.8 Å². The molecule has 0 saturated carbocycles. The van der Waals surface area contributed by atoms with Gasteiger partial charge in [0.25, 0.3) is 0 Å². The third-order valence-electron chi connectivity index (χ3n) is 7.03. The Bertz CT molecular complexity index is 1670. The van der Waals surface area contributed by atoms with Crippen LogP contribution in [0.2, 0.25) is 0 Å². The normalized spacial score (nSPS) is 12.0. The first kappa shape index (κ1) is 24.3. The van der Waals surface area contributed by atoms with Gasteiger partial charge in [0, 0.05) is 28.2 Å². The van der Waals surface area contributed by atoms with Crippen LogP contribution in [-0.2, 0) is 10.8 Å². The second kappa shape index (κ2) is 8.61. The molecule has 5 aromatic rings. The minimum atomic E-state index is 0.0540. The standard InChI is InChI=1S/C33H30N4/c1-32(2,3)24-9-13-29-27(16-24)28-17-25(33(4,5)6)10-14-30(28)37(29)26-11-7-22(8-12-26)31-23(19-35)15-21(18-34)20-36-31/h7-17,20H,1-6H3. The molecule has 0 aliphatic carbocycles. The molecular weight excluding hydrogens is 452 g/mol. The molecule has 2 aromatic heterocycles. The Hall–Kier alpha value is -4.41. The number of hydrogen-bond donors (Lipinski definition) is 0. The number of nitrogens with zero attached hydrogens (tertiary/aromatic N) is 4. The average molecular weight is 483 g/mol. The Labute approximate surface area is 218 Å². The molecule has 0 unspecified atom stereocenters. The first-order valence-corrected chi connectivity index (χ1v) is 12.5. The lowest BCUT2D eigenvalue weighted by Crippen LogP contribution is -2.10. The molecule has 0 fully saturated rings. The fourth-order valence-corrected chi connectivity index (χ4v) is 4.84. The van der Waals surface area contributed by atoms with Crippen molar-refractivity contribution in [3.05, 3.63) is 95.2 Å². The highest BCUT2D eigenvalue weighted by Gasteiger charge is 2.21. The summed E-state index contributed by atoms with van der Waals surface area (Å²) >= 11 is 0. The first-order chi connectivity index (χ1) is 17.5. The molecule has 0 amide bonds. The molecule has 0 aliphatic rings. The van der Waals surface area contributed by atoms with E-state index in [2.05, 4.69) is 112 Å². The van der Waals surface area contributed by atoms with Gasteiger partial charge in [0.2, 0.25) is 0 Å². The highest BCUT2D eigenvalue weighted by atomic mass is 15.0. The number of rotatable bonds is 2. The van der Waals surface area contributed by atoms with Gasteiger partial charge in [-0.3, -0.25) is 4.98 Å². The van der Waals surface area contributed by atoms with Crippen LogP contribution in [0.4, 0.5) is 0 Å². The van der Waals surface area contributed by atoms with Gasteiger partial charge in [0.1, 0.15) is 12.1 Å². The van der Waals surface area contributed by atoms with Crippen LogP contribution in [0.25, 0.3) is 38.8 Å². The molecule has 3 aromatic carbocycles. The lowest BCUT2D eigenvalue weighted by atomic mass is 9.85. The summed E-state index contributed by atoms with van der Waals surface area (Å²) in [6, 6.07) is 27.6. The van der Waals surface area contributed by atoms with Crippen LogP contribution in [0.1, 0.15) is 63.8 Å². The van der Waals surface area contributed by atoms with Gasteiger partial charge >= 0.3 is 0 Å². The maximum absolute atomic E-state index is 9.60. The summed E-state index contributed by atoms with van der Waals surface area (Å²) in [5.74, 6) is 0. The van der Waals surface area contributed by atoms with Crippen molar-refractivity contribution in [3.8, 4) is 29.1 Å². The number of benzene rings is 3. The van der Waals surface area contributed by atoms with Crippen LogP contribution in [-0.4, -0.2) is 9.55 Å². The third kappa shape index (κ3) is 4.26. The predicted molar refractivity (Wildman–Crippen MR) is 151 cm³/mol. The maximum atomic E-state index is 9.60. The summed E-state index contributed by atoms with van der Waals surface area (Å²) in [4.78, 5) is 4.40. The summed E-state index contributed by atoms with van der Waals surface area (Å²) in [5, 5.41) is 21.2. The fourth-order valence-electron chi connectivity index (χ4n) is 4.84. The highest BCUT2D eigenvalue weighted by Crippen LogP contribution is 2.37. The number of nitriles is 2. The van der Waals surface area contributed by atoms with E-state index in [1.54, 1.807) is 6.07 Å².